The zero-order valence-electron chi connectivity index (χ0n) is 10.6. The third-order valence-electron chi connectivity index (χ3n) is 2.39. The van der Waals surface area contributed by atoms with E-state index in [2.05, 4.69) is 17.2 Å². The van der Waals surface area contributed by atoms with Gasteiger partial charge in [-0.25, -0.2) is 0 Å². The summed E-state index contributed by atoms with van der Waals surface area (Å²) in [5.74, 6) is -0.132. The molecule has 0 aliphatic carbocycles. The molecule has 1 unspecified atom stereocenters. The van der Waals surface area contributed by atoms with E-state index in [1.807, 2.05) is 13.8 Å². The van der Waals surface area contributed by atoms with Gasteiger partial charge in [-0.1, -0.05) is 6.08 Å². The second kappa shape index (κ2) is 6.74. The Morgan fingerprint density at radius 1 is 1.71 bits per heavy atom. The van der Waals surface area contributed by atoms with E-state index in [4.69, 9.17) is 9.47 Å². The van der Waals surface area contributed by atoms with E-state index in [1.54, 1.807) is 6.08 Å². The zero-order chi connectivity index (χ0) is 12.7. The first-order chi connectivity index (χ1) is 8.03. The minimum Gasteiger partial charge on any atom is -0.369 e. The van der Waals surface area contributed by atoms with Crippen molar-refractivity contribution < 1.29 is 14.3 Å². The molecule has 1 atom stereocenters. The van der Waals surface area contributed by atoms with Crippen LogP contribution < -0.4 is 10.6 Å². The Morgan fingerprint density at radius 3 is 3.12 bits per heavy atom. The van der Waals surface area contributed by atoms with Gasteiger partial charge in [0.25, 0.3) is 0 Å². The molecule has 98 valence electrons. The molecule has 0 aromatic rings. The predicted octanol–water partition coefficient (Wildman–Crippen LogP) is 0.0722. The van der Waals surface area contributed by atoms with Gasteiger partial charge in [-0.15, -0.1) is 6.58 Å². The highest BCUT2D eigenvalue weighted by Crippen LogP contribution is 2.15. The van der Waals surface area contributed by atoms with Crippen LogP contribution in [0.15, 0.2) is 12.7 Å². The van der Waals surface area contributed by atoms with Crippen molar-refractivity contribution >= 4 is 5.91 Å². The fourth-order valence-electron chi connectivity index (χ4n) is 1.68. The minimum absolute atomic E-state index is 0.00551. The number of morpholine rings is 1. The number of ether oxygens (including phenoxy) is 2. The lowest BCUT2D eigenvalue weighted by Gasteiger charge is -2.36. The summed E-state index contributed by atoms with van der Waals surface area (Å²) in [5.41, 5.74) is -0.169. The average Bonchev–Trinajstić information content (AvgIpc) is 2.25. The molecule has 1 saturated heterocycles. The van der Waals surface area contributed by atoms with E-state index in [9.17, 15) is 4.79 Å². The van der Waals surface area contributed by atoms with Crippen LogP contribution in [0.5, 0.6) is 0 Å². The number of hydrogen-bond donors (Lipinski definition) is 2. The van der Waals surface area contributed by atoms with Gasteiger partial charge in [0.2, 0.25) is 5.91 Å². The van der Waals surface area contributed by atoms with Crippen LogP contribution in [0.4, 0.5) is 0 Å². The summed E-state index contributed by atoms with van der Waals surface area (Å²) in [6.07, 6.45) is 1.64. The zero-order valence-corrected chi connectivity index (χ0v) is 10.6. The topological polar surface area (TPSA) is 59.6 Å². The Hall–Kier alpha value is -0.910. The summed E-state index contributed by atoms with van der Waals surface area (Å²) >= 11 is 0. The van der Waals surface area contributed by atoms with Gasteiger partial charge in [-0.3, -0.25) is 4.79 Å². The van der Waals surface area contributed by atoms with E-state index in [-0.39, 0.29) is 24.2 Å². The number of rotatable bonds is 6. The number of nitrogens with one attached hydrogen (secondary N) is 2. The Balaban J connectivity index is 2.14. The Kier molecular flexibility index (Phi) is 5.61. The Bertz CT molecular complexity index is 266. The monoisotopic (exact) mass is 242 g/mol. The van der Waals surface area contributed by atoms with Crippen LogP contribution in [-0.4, -0.2) is 50.5 Å². The maximum atomic E-state index is 11.2. The van der Waals surface area contributed by atoms with Gasteiger partial charge in [0.15, 0.2) is 0 Å². The summed E-state index contributed by atoms with van der Waals surface area (Å²) in [5, 5.41) is 5.93. The number of hydrogen-bond acceptors (Lipinski definition) is 4. The van der Waals surface area contributed by atoms with E-state index < -0.39 is 0 Å². The minimum atomic E-state index is -0.169. The molecule has 17 heavy (non-hydrogen) atoms. The third kappa shape index (κ3) is 5.81. The van der Waals surface area contributed by atoms with Gasteiger partial charge in [0, 0.05) is 19.6 Å². The molecule has 5 nitrogen and oxygen atoms in total. The first kappa shape index (κ1) is 14.2. The molecule has 0 spiro atoms. The van der Waals surface area contributed by atoms with Gasteiger partial charge in [-0.05, 0) is 13.8 Å². The van der Waals surface area contributed by atoms with Crippen LogP contribution in [0.3, 0.4) is 0 Å². The van der Waals surface area contributed by atoms with Crippen LogP contribution in [-0.2, 0) is 14.3 Å². The van der Waals surface area contributed by atoms with E-state index in [0.29, 0.717) is 13.2 Å². The molecule has 1 amide bonds. The molecule has 1 aliphatic heterocycles. The second-order valence-corrected chi connectivity index (χ2v) is 4.74. The van der Waals surface area contributed by atoms with Crippen molar-refractivity contribution in [2.75, 3.05) is 32.8 Å². The lowest BCUT2D eigenvalue weighted by molar-refractivity contribution is -0.135. The molecule has 0 bridgehead atoms. The Morgan fingerprint density at radius 2 is 2.47 bits per heavy atom. The molecule has 1 aliphatic rings. The fourth-order valence-corrected chi connectivity index (χ4v) is 1.68. The largest absolute Gasteiger partial charge is 0.369 e. The standard InChI is InChI=1S/C12H22N2O3/c1-4-5-14-11(15)8-16-7-10-6-13-9-12(2,3)17-10/h4,10,13H,1,5-9H2,2-3H3,(H,14,15). The second-order valence-electron chi connectivity index (χ2n) is 4.74. The predicted molar refractivity (Wildman–Crippen MR) is 65.8 cm³/mol. The molecule has 0 radical (unpaired) electrons. The first-order valence-electron chi connectivity index (χ1n) is 5.87. The molecule has 0 saturated carbocycles. The van der Waals surface area contributed by atoms with Crippen LogP contribution in [0.1, 0.15) is 13.8 Å². The van der Waals surface area contributed by atoms with Gasteiger partial charge < -0.3 is 20.1 Å². The average molecular weight is 242 g/mol. The van der Waals surface area contributed by atoms with Crippen LogP contribution in [0.25, 0.3) is 0 Å². The molecule has 5 heteroatoms. The molecule has 2 N–H and O–H groups in total. The normalized spacial score (nSPS) is 23.1. The number of carbonyl (C=O) groups is 1. The molecule has 0 aromatic heterocycles. The van der Waals surface area contributed by atoms with E-state index in [0.717, 1.165) is 13.1 Å². The maximum absolute atomic E-state index is 11.2. The SMILES string of the molecule is C=CCNC(=O)COCC1CNCC(C)(C)O1. The third-order valence-corrected chi connectivity index (χ3v) is 2.39. The van der Waals surface area contributed by atoms with E-state index >= 15 is 0 Å². The van der Waals surface area contributed by atoms with Gasteiger partial charge in [-0.2, -0.15) is 0 Å². The smallest absolute Gasteiger partial charge is 0.246 e. The maximum Gasteiger partial charge on any atom is 0.246 e. The van der Waals surface area contributed by atoms with E-state index in [1.165, 1.54) is 0 Å². The lowest BCUT2D eigenvalue weighted by atomic mass is 10.1. The quantitative estimate of drug-likeness (QED) is 0.647. The van der Waals surface area contributed by atoms with Gasteiger partial charge >= 0.3 is 0 Å². The highest BCUT2D eigenvalue weighted by atomic mass is 16.5. The molecular weight excluding hydrogens is 220 g/mol. The Labute approximate surface area is 103 Å². The summed E-state index contributed by atoms with van der Waals surface area (Å²) in [6, 6.07) is 0. The number of carbonyl (C=O) groups excluding carboxylic acids is 1. The van der Waals surface area contributed by atoms with Crippen LogP contribution in [0, 0.1) is 0 Å². The van der Waals surface area contributed by atoms with Crippen molar-refractivity contribution in [2.24, 2.45) is 0 Å². The van der Waals surface area contributed by atoms with Gasteiger partial charge in [0.1, 0.15) is 6.61 Å². The van der Waals surface area contributed by atoms with Crippen molar-refractivity contribution in [1.82, 2.24) is 10.6 Å². The van der Waals surface area contributed by atoms with Crippen molar-refractivity contribution in [1.29, 1.82) is 0 Å². The molecule has 0 aromatic carbocycles. The summed E-state index contributed by atoms with van der Waals surface area (Å²) in [7, 11) is 0. The molecule has 1 rings (SSSR count). The van der Waals surface area contributed by atoms with Crippen LogP contribution in [0.2, 0.25) is 0 Å². The van der Waals surface area contributed by atoms with Crippen molar-refractivity contribution in [2.45, 2.75) is 25.6 Å². The highest BCUT2D eigenvalue weighted by molar-refractivity contribution is 5.77. The first-order valence-corrected chi connectivity index (χ1v) is 5.87. The summed E-state index contributed by atoms with van der Waals surface area (Å²) in [6.45, 7) is 10.1. The molecule has 1 heterocycles. The van der Waals surface area contributed by atoms with Crippen molar-refractivity contribution in [3.63, 3.8) is 0 Å². The summed E-state index contributed by atoms with van der Waals surface area (Å²) < 4.78 is 11.1. The highest BCUT2D eigenvalue weighted by Gasteiger charge is 2.28. The number of amides is 1. The lowest BCUT2D eigenvalue weighted by Crippen LogP contribution is -2.52. The fraction of sp³-hybridized carbons (Fsp3) is 0.750. The summed E-state index contributed by atoms with van der Waals surface area (Å²) in [4.78, 5) is 11.2. The van der Waals surface area contributed by atoms with Crippen LogP contribution >= 0.6 is 0 Å². The van der Waals surface area contributed by atoms with Crippen molar-refractivity contribution in [3.05, 3.63) is 12.7 Å². The van der Waals surface area contributed by atoms with Gasteiger partial charge in [0.05, 0.1) is 18.3 Å². The van der Waals surface area contributed by atoms with Crippen molar-refractivity contribution in [3.8, 4) is 0 Å². The molecular formula is C12H22N2O3. The molecule has 1 fully saturated rings.